The number of hydrogen-bond acceptors (Lipinski definition) is 3. The molecule has 0 fully saturated rings. The van der Waals surface area contributed by atoms with Gasteiger partial charge in [0, 0.05) is 12.6 Å². The van der Waals surface area contributed by atoms with Gasteiger partial charge in [0.2, 0.25) is 0 Å². The van der Waals surface area contributed by atoms with Crippen molar-refractivity contribution in [3.63, 3.8) is 0 Å². The second-order valence-electron chi connectivity index (χ2n) is 5.63. The van der Waals surface area contributed by atoms with E-state index in [1.54, 1.807) is 0 Å². The normalized spacial score (nSPS) is 14.6. The van der Waals surface area contributed by atoms with E-state index in [1.165, 1.54) is 5.69 Å². The Kier molecular flexibility index (Phi) is 8.52. The van der Waals surface area contributed by atoms with Crippen LogP contribution in [-0.4, -0.2) is 29.0 Å². The Bertz CT molecular complexity index is 400. The molecular weight excluding hydrogens is 330 g/mol. The van der Waals surface area contributed by atoms with Crippen LogP contribution in [-0.2, 0) is 4.74 Å². The molecule has 4 nitrogen and oxygen atoms in total. The van der Waals surface area contributed by atoms with Crippen LogP contribution in [0.3, 0.4) is 0 Å². The molecule has 0 aliphatic heterocycles. The van der Waals surface area contributed by atoms with Crippen molar-refractivity contribution in [2.75, 3.05) is 13.2 Å². The van der Waals surface area contributed by atoms with Gasteiger partial charge < -0.3 is 10.1 Å². The van der Waals surface area contributed by atoms with Gasteiger partial charge in [0.15, 0.2) is 0 Å². The van der Waals surface area contributed by atoms with Crippen LogP contribution in [0.15, 0.2) is 10.7 Å². The lowest BCUT2D eigenvalue weighted by Crippen LogP contribution is -2.36. The van der Waals surface area contributed by atoms with Gasteiger partial charge in [-0.05, 0) is 56.1 Å². The fourth-order valence-electron chi connectivity index (χ4n) is 2.60. The maximum Gasteiger partial charge on any atom is 0.0785 e. The van der Waals surface area contributed by atoms with E-state index in [0.717, 1.165) is 36.9 Å². The van der Waals surface area contributed by atoms with Gasteiger partial charge in [0.05, 0.1) is 28.5 Å². The first-order valence-corrected chi connectivity index (χ1v) is 8.93. The summed E-state index contributed by atoms with van der Waals surface area (Å²) in [6.07, 6.45) is 5.34. The van der Waals surface area contributed by atoms with E-state index >= 15 is 0 Å². The monoisotopic (exact) mass is 359 g/mol. The van der Waals surface area contributed by atoms with Crippen LogP contribution in [0.5, 0.6) is 0 Å². The maximum absolute atomic E-state index is 6.03. The molecule has 0 radical (unpaired) electrons. The van der Waals surface area contributed by atoms with Gasteiger partial charge in [-0.15, -0.1) is 0 Å². The molecule has 5 heteroatoms. The Morgan fingerprint density at radius 1 is 1.29 bits per heavy atom. The fourth-order valence-corrected chi connectivity index (χ4v) is 3.12. The highest BCUT2D eigenvalue weighted by Gasteiger charge is 2.28. The predicted octanol–water partition coefficient (Wildman–Crippen LogP) is 4.47. The van der Waals surface area contributed by atoms with Gasteiger partial charge in [-0.1, -0.05) is 20.3 Å². The largest absolute Gasteiger partial charge is 0.376 e. The number of aromatic nitrogens is 2. The first-order chi connectivity index (χ1) is 10.1. The third-order valence-corrected chi connectivity index (χ3v) is 4.12. The smallest absolute Gasteiger partial charge is 0.0785 e. The van der Waals surface area contributed by atoms with E-state index in [1.807, 2.05) is 6.20 Å². The molecule has 0 spiro atoms. The van der Waals surface area contributed by atoms with Crippen molar-refractivity contribution in [3.05, 3.63) is 16.4 Å². The minimum absolute atomic E-state index is 0.170. The summed E-state index contributed by atoms with van der Waals surface area (Å²) in [4.78, 5) is 0. The SMILES string of the molecule is CCCNC(c1c(Br)cnn1C(C)C)C(CCC)OCC. The molecule has 0 amide bonds. The van der Waals surface area contributed by atoms with Crippen molar-refractivity contribution < 1.29 is 4.74 Å². The second kappa shape index (κ2) is 9.59. The van der Waals surface area contributed by atoms with Gasteiger partial charge in [-0.3, -0.25) is 4.68 Å². The second-order valence-corrected chi connectivity index (χ2v) is 6.48. The van der Waals surface area contributed by atoms with E-state index in [9.17, 15) is 0 Å². The number of rotatable bonds is 10. The molecule has 1 heterocycles. The Morgan fingerprint density at radius 2 is 2.00 bits per heavy atom. The molecule has 0 saturated carbocycles. The number of ether oxygens (including phenoxy) is 1. The minimum atomic E-state index is 0.170. The Morgan fingerprint density at radius 3 is 2.52 bits per heavy atom. The Labute approximate surface area is 137 Å². The van der Waals surface area contributed by atoms with Crippen molar-refractivity contribution in [1.29, 1.82) is 0 Å². The van der Waals surface area contributed by atoms with Crippen LogP contribution in [0.25, 0.3) is 0 Å². The van der Waals surface area contributed by atoms with Crippen LogP contribution < -0.4 is 5.32 Å². The lowest BCUT2D eigenvalue weighted by atomic mass is 10.0. The number of nitrogens with one attached hydrogen (secondary N) is 1. The molecule has 21 heavy (non-hydrogen) atoms. The quantitative estimate of drug-likeness (QED) is 0.669. The molecule has 0 aliphatic rings. The van der Waals surface area contributed by atoms with Crippen LogP contribution in [0.1, 0.15) is 71.7 Å². The average molecular weight is 360 g/mol. The standard InChI is InChI=1S/C16H30BrN3O/c1-6-9-14(21-8-3)15(18-10-7-2)16-13(17)11-19-20(16)12(4)5/h11-12,14-15,18H,6-10H2,1-5H3. The summed E-state index contributed by atoms with van der Waals surface area (Å²) < 4.78 is 9.19. The topological polar surface area (TPSA) is 39.1 Å². The summed E-state index contributed by atoms with van der Waals surface area (Å²) in [5.74, 6) is 0. The van der Waals surface area contributed by atoms with Crippen molar-refractivity contribution in [1.82, 2.24) is 15.1 Å². The van der Waals surface area contributed by atoms with Gasteiger partial charge >= 0.3 is 0 Å². The zero-order valence-electron chi connectivity index (χ0n) is 14.0. The third-order valence-electron chi connectivity index (χ3n) is 3.51. The summed E-state index contributed by atoms with van der Waals surface area (Å²) in [6.45, 7) is 12.5. The van der Waals surface area contributed by atoms with Crippen LogP contribution in [0.4, 0.5) is 0 Å². The molecule has 0 saturated heterocycles. The molecule has 0 aliphatic carbocycles. The molecule has 0 bridgehead atoms. The van der Waals surface area contributed by atoms with Gasteiger partial charge in [-0.2, -0.15) is 5.10 Å². The molecule has 122 valence electrons. The molecule has 1 N–H and O–H groups in total. The zero-order chi connectivity index (χ0) is 15.8. The van der Waals surface area contributed by atoms with Crippen molar-refractivity contribution in [2.24, 2.45) is 0 Å². The van der Waals surface area contributed by atoms with E-state index < -0.39 is 0 Å². The van der Waals surface area contributed by atoms with E-state index in [2.05, 4.69) is 65.6 Å². The van der Waals surface area contributed by atoms with E-state index in [0.29, 0.717) is 6.04 Å². The van der Waals surface area contributed by atoms with Crippen molar-refractivity contribution in [3.8, 4) is 0 Å². The van der Waals surface area contributed by atoms with Crippen molar-refractivity contribution >= 4 is 15.9 Å². The summed E-state index contributed by atoms with van der Waals surface area (Å²) >= 11 is 3.67. The average Bonchev–Trinajstić information content (AvgIpc) is 2.82. The molecule has 1 rings (SSSR count). The molecule has 2 atom stereocenters. The summed E-state index contributed by atoms with van der Waals surface area (Å²) in [5.41, 5.74) is 1.20. The third kappa shape index (κ3) is 5.08. The number of nitrogens with zero attached hydrogens (tertiary/aromatic N) is 2. The molecule has 1 aromatic rings. The van der Waals surface area contributed by atoms with Crippen molar-refractivity contribution in [2.45, 2.75) is 72.1 Å². The summed E-state index contributed by atoms with van der Waals surface area (Å²) in [7, 11) is 0. The van der Waals surface area contributed by atoms with E-state index in [-0.39, 0.29) is 12.1 Å². The maximum atomic E-state index is 6.03. The number of halogens is 1. The Balaban J connectivity index is 3.13. The molecule has 1 aromatic heterocycles. The highest BCUT2D eigenvalue weighted by molar-refractivity contribution is 9.10. The highest BCUT2D eigenvalue weighted by Crippen LogP contribution is 2.31. The number of hydrogen-bond donors (Lipinski definition) is 1. The molecule has 2 unspecified atom stereocenters. The fraction of sp³-hybridized carbons (Fsp3) is 0.812. The van der Waals surface area contributed by atoms with Crippen LogP contribution >= 0.6 is 15.9 Å². The van der Waals surface area contributed by atoms with Crippen LogP contribution in [0, 0.1) is 0 Å². The van der Waals surface area contributed by atoms with Gasteiger partial charge in [-0.25, -0.2) is 0 Å². The van der Waals surface area contributed by atoms with Gasteiger partial charge in [0.1, 0.15) is 0 Å². The zero-order valence-corrected chi connectivity index (χ0v) is 15.6. The predicted molar refractivity (Wildman–Crippen MR) is 91.7 cm³/mol. The van der Waals surface area contributed by atoms with Crippen LogP contribution in [0.2, 0.25) is 0 Å². The summed E-state index contributed by atoms with van der Waals surface area (Å²) in [6, 6.07) is 0.505. The van der Waals surface area contributed by atoms with Gasteiger partial charge in [0.25, 0.3) is 0 Å². The first kappa shape index (κ1) is 18.7. The highest BCUT2D eigenvalue weighted by atomic mass is 79.9. The Hall–Kier alpha value is -0.390. The lowest BCUT2D eigenvalue weighted by Gasteiger charge is -2.29. The minimum Gasteiger partial charge on any atom is -0.376 e. The lowest BCUT2D eigenvalue weighted by molar-refractivity contribution is 0.0249. The van der Waals surface area contributed by atoms with E-state index in [4.69, 9.17) is 4.74 Å². The molecular formula is C16H30BrN3O. The first-order valence-electron chi connectivity index (χ1n) is 8.14. The molecule has 0 aromatic carbocycles. The summed E-state index contributed by atoms with van der Waals surface area (Å²) in [5, 5.41) is 8.18.